The van der Waals surface area contributed by atoms with Crippen molar-refractivity contribution in [2.24, 2.45) is 0 Å². The molecule has 1 aromatic carbocycles. The van der Waals surface area contributed by atoms with Crippen LogP contribution in [0.5, 0.6) is 0 Å². The first-order valence-corrected chi connectivity index (χ1v) is 8.35. The molecule has 5 aromatic rings. The van der Waals surface area contributed by atoms with Gasteiger partial charge in [-0.1, -0.05) is 24.3 Å². The van der Waals surface area contributed by atoms with Crippen LogP contribution in [0.2, 0.25) is 0 Å². The van der Waals surface area contributed by atoms with E-state index in [0.717, 1.165) is 39.0 Å². The van der Waals surface area contributed by atoms with E-state index < -0.39 is 0 Å². The Bertz CT molecular complexity index is 1350. The highest BCUT2D eigenvalue weighted by atomic mass is 35.5. The van der Waals surface area contributed by atoms with Crippen molar-refractivity contribution >= 4 is 27.6 Å². The number of hydrogen-bond donors (Lipinski definition) is 0. The van der Waals surface area contributed by atoms with Crippen LogP contribution in [0.1, 0.15) is 11.3 Å². The summed E-state index contributed by atoms with van der Waals surface area (Å²) >= 11 is 0. The Morgan fingerprint density at radius 1 is 1.04 bits per heavy atom. The summed E-state index contributed by atoms with van der Waals surface area (Å²) in [6, 6.07) is 22.1. The Labute approximate surface area is 161 Å². The van der Waals surface area contributed by atoms with Crippen LogP contribution in [0.15, 0.2) is 66.9 Å². The molecule has 5 nitrogen and oxygen atoms in total. The van der Waals surface area contributed by atoms with Crippen molar-refractivity contribution in [3.05, 3.63) is 78.1 Å². The van der Waals surface area contributed by atoms with Crippen molar-refractivity contribution < 1.29 is 16.8 Å². The monoisotopic (exact) mass is 371 g/mol. The number of pyridine rings is 3. The van der Waals surface area contributed by atoms with Gasteiger partial charge in [-0.3, -0.25) is 0 Å². The number of benzene rings is 1. The highest BCUT2D eigenvalue weighted by molar-refractivity contribution is 5.91. The maximum Gasteiger partial charge on any atom is 0.338 e. The maximum absolute atomic E-state index is 9.52. The quantitative estimate of drug-likeness (QED) is 0.318. The van der Waals surface area contributed by atoms with E-state index in [1.165, 1.54) is 0 Å². The minimum atomic E-state index is 0. The van der Waals surface area contributed by atoms with E-state index >= 15 is 0 Å². The number of nitrogens with zero attached hydrogens (tertiary/aromatic N) is 5. The van der Waals surface area contributed by atoms with Crippen LogP contribution < -0.4 is 16.8 Å². The topological polar surface area (TPSA) is 58.6 Å². The molecule has 4 heterocycles. The molecule has 27 heavy (non-hydrogen) atoms. The smallest absolute Gasteiger partial charge is 0.338 e. The fourth-order valence-electron chi connectivity index (χ4n) is 3.40. The molecule has 0 saturated heterocycles. The lowest BCUT2D eigenvalue weighted by Crippen LogP contribution is -3.00. The molecule has 0 unspecified atom stereocenters. The lowest BCUT2D eigenvalue weighted by Gasteiger charge is -2.02. The Kier molecular flexibility index (Phi) is 3.98. The number of halogens is 1. The van der Waals surface area contributed by atoms with Crippen LogP contribution in [-0.4, -0.2) is 14.8 Å². The molecule has 0 N–H and O–H groups in total. The third-order valence-electron chi connectivity index (χ3n) is 4.64. The average molecular weight is 372 g/mol. The van der Waals surface area contributed by atoms with Crippen molar-refractivity contribution in [3.8, 4) is 11.8 Å². The lowest BCUT2D eigenvalue weighted by atomic mass is 10.1. The molecular weight excluding hydrogens is 358 g/mol. The second kappa shape index (κ2) is 6.35. The van der Waals surface area contributed by atoms with Crippen LogP contribution in [-0.2, 0) is 0 Å². The maximum atomic E-state index is 9.52. The number of fused-ring (bicyclic) bond motifs is 4. The number of nitriles is 1. The number of para-hydroxylation sites is 1. The van der Waals surface area contributed by atoms with Gasteiger partial charge >= 0.3 is 5.65 Å². The fraction of sp³-hybridized carbons (Fsp3) is 0.0476. The zero-order chi connectivity index (χ0) is 17.7. The summed E-state index contributed by atoms with van der Waals surface area (Å²) < 4.78 is 3.84. The normalized spacial score (nSPS) is 10.8. The summed E-state index contributed by atoms with van der Waals surface area (Å²) in [6.07, 6.45) is 1.94. The second-order valence-electron chi connectivity index (χ2n) is 6.23. The molecule has 0 fully saturated rings. The van der Waals surface area contributed by atoms with Crippen LogP contribution in [0.3, 0.4) is 0 Å². The molecule has 0 radical (unpaired) electrons. The van der Waals surface area contributed by atoms with Crippen molar-refractivity contribution in [1.29, 1.82) is 5.26 Å². The van der Waals surface area contributed by atoms with Crippen molar-refractivity contribution in [2.45, 2.75) is 6.92 Å². The van der Waals surface area contributed by atoms with Crippen LogP contribution in [0.4, 0.5) is 0 Å². The van der Waals surface area contributed by atoms with E-state index in [0.29, 0.717) is 5.56 Å². The molecular formula is C21H14ClN5. The standard InChI is InChI=1S/C21H14N5.ClH/c1-14-18-12-15-11-16(13-22)19-9-5-6-10-25(19)20(15)23-21(18)26(24-14)17-7-3-2-4-8-17;/h2-12H,1H3;1H/q+1;/p-1. The van der Waals surface area contributed by atoms with Gasteiger partial charge in [0.25, 0.3) is 5.65 Å². The van der Waals surface area contributed by atoms with Gasteiger partial charge in [-0.2, -0.15) is 19.4 Å². The fourth-order valence-corrected chi connectivity index (χ4v) is 3.40. The van der Waals surface area contributed by atoms with Gasteiger partial charge in [0.15, 0.2) is 5.52 Å². The molecule has 6 heteroatoms. The van der Waals surface area contributed by atoms with Gasteiger partial charge in [-0.25, -0.2) is 0 Å². The number of rotatable bonds is 1. The molecule has 0 atom stereocenters. The third kappa shape index (κ3) is 2.50. The van der Waals surface area contributed by atoms with Gasteiger partial charge in [0.05, 0.1) is 28.4 Å². The minimum absolute atomic E-state index is 0. The van der Waals surface area contributed by atoms with Gasteiger partial charge in [0.2, 0.25) is 0 Å². The van der Waals surface area contributed by atoms with Gasteiger partial charge in [-0.05, 0) is 48.3 Å². The number of hydrogen-bond acceptors (Lipinski definition) is 3. The van der Waals surface area contributed by atoms with E-state index in [9.17, 15) is 5.26 Å². The average Bonchev–Trinajstić information content (AvgIpc) is 3.02. The van der Waals surface area contributed by atoms with Gasteiger partial charge in [-0.15, -0.1) is 0 Å². The molecule has 0 bridgehead atoms. The summed E-state index contributed by atoms with van der Waals surface area (Å²) in [7, 11) is 0. The summed E-state index contributed by atoms with van der Waals surface area (Å²) in [5, 5.41) is 16.1. The molecule has 4 aromatic heterocycles. The van der Waals surface area contributed by atoms with E-state index in [1.54, 1.807) is 0 Å². The van der Waals surface area contributed by atoms with E-state index in [1.807, 2.05) is 76.8 Å². The highest BCUT2D eigenvalue weighted by Gasteiger charge is 2.20. The Balaban J connectivity index is 0.00000180. The minimum Gasteiger partial charge on any atom is -1.00 e. The first kappa shape index (κ1) is 17.0. The molecule has 0 saturated carbocycles. The molecule has 0 aliphatic carbocycles. The Morgan fingerprint density at radius 2 is 1.81 bits per heavy atom. The molecule has 130 valence electrons. The van der Waals surface area contributed by atoms with Crippen LogP contribution in [0, 0.1) is 18.3 Å². The van der Waals surface area contributed by atoms with Crippen molar-refractivity contribution in [2.75, 3.05) is 0 Å². The molecule has 0 aliphatic heterocycles. The lowest BCUT2D eigenvalue weighted by molar-refractivity contribution is -0.484. The molecule has 0 spiro atoms. The zero-order valence-electron chi connectivity index (χ0n) is 14.5. The number of aryl methyl sites for hydroxylation is 1. The third-order valence-corrected chi connectivity index (χ3v) is 4.64. The van der Waals surface area contributed by atoms with Crippen molar-refractivity contribution in [3.63, 3.8) is 0 Å². The first-order chi connectivity index (χ1) is 12.8. The van der Waals surface area contributed by atoms with Crippen LogP contribution in [0.25, 0.3) is 33.3 Å². The second-order valence-corrected chi connectivity index (χ2v) is 6.23. The van der Waals surface area contributed by atoms with E-state index in [2.05, 4.69) is 17.2 Å². The summed E-state index contributed by atoms with van der Waals surface area (Å²) in [4.78, 5) is 4.93. The van der Waals surface area contributed by atoms with E-state index in [4.69, 9.17) is 4.98 Å². The number of aromatic nitrogens is 4. The van der Waals surface area contributed by atoms with Gasteiger partial charge in [0.1, 0.15) is 11.6 Å². The summed E-state index contributed by atoms with van der Waals surface area (Å²) in [5.74, 6) is 0. The molecule has 5 rings (SSSR count). The summed E-state index contributed by atoms with van der Waals surface area (Å²) in [6.45, 7) is 1.98. The molecule has 0 amide bonds. The predicted molar refractivity (Wildman–Crippen MR) is 99.0 cm³/mol. The predicted octanol–water partition coefficient (Wildman–Crippen LogP) is 0.496. The van der Waals surface area contributed by atoms with E-state index in [-0.39, 0.29) is 12.4 Å². The Hall–Kier alpha value is -3.49. The van der Waals surface area contributed by atoms with Crippen LogP contribution >= 0.6 is 0 Å². The van der Waals surface area contributed by atoms with Gasteiger partial charge in [0, 0.05) is 0 Å². The summed E-state index contributed by atoms with van der Waals surface area (Å²) in [5.41, 5.74) is 4.98. The highest BCUT2D eigenvalue weighted by Crippen LogP contribution is 2.24. The molecule has 0 aliphatic rings. The first-order valence-electron chi connectivity index (χ1n) is 8.35. The Morgan fingerprint density at radius 3 is 2.59 bits per heavy atom. The largest absolute Gasteiger partial charge is 1.00 e. The van der Waals surface area contributed by atoms with Crippen molar-refractivity contribution in [1.82, 2.24) is 14.8 Å². The zero-order valence-corrected chi connectivity index (χ0v) is 15.2. The van der Waals surface area contributed by atoms with Gasteiger partial charge < -0.3 is 12.4 Å². The SMILES string of the molecule is Cc1nn(-c2ccccc2)c2nc3c(cc(C#N)c4cccc[n+]43)cc12.[Cl-].